The lowest BCUT2D eigenvalue weighted by atomic mass is 9.98. The van der Waals surface area contributed by atoms with Crippen LogP contribution in [0.2, 0.25) is 0 Å². The predicted octanol–water partition coefficient (Wildman–Crippen LogP) is 5.72. The molecule has 0 amide bonds. The van der Waals surface area contributed by atoms with Crippen molar-refractivity contribution in [1.82, 2.24) is 0 Å². The number of rotatable bonds is 2. The molecule has 2 aromatic rings. The van der Waals surface area contributed by atoms with Crippen molar-refractivity contribution in [3.63, 3.8) is 0 Å². The predicted molar refractivity (Wildman–Crippen MR) is 82.9 cm³/mol. The molecule has 8 heteroatoms. The minimum atomic E-state index is -4.55. The third kappa shape index (κ3) is 3.49. The Hall–Kier alpha value is -2.64. The Morgan fingerprint density at radius 1 is 0.962 bits per heavy atom. The molecule has 0 spiro atoms. The third-order valence-corrected chi connectivity index (χ3v) is 3.88. The van der Waals surface area contributed by atoms with Gasteiger partial charge in [0.25, 0.3) is 0 Å². The van der Waals surface area contributed by atoms with Crippen LogP contribution >= 0.6 is 0 Å². The molecule has 1 aliphatic heterocycles. The van der Waals surface area contributed by atoms with E-state index in [0.29, 0.717) is 16.7 Å². The van der Waals surface area contributed by atoms with Crippen molar-refractivity contribution in [1.29, 1.82) is 0 Å². The topological polar surface area (TPSA) is 18.5 Å². The van der Waals surface area contributed by atoms with Gasteiger partial charge in [0.2, 0.25) is 6.10 Å². The summed E-state index contributed by atoms with van der Waals surface area (Å²) in [7, 11) is 1.31. The summed E-state index contributed by atoms with van der Waals surface area (Å²) in [4.78, 5) is 0. The first kappa shape index (κ1) is 18.2. The van der Waals surface area contributed by atoms with Crippen LogP contribution in [0.25, 0.3) is 17.2 Å². The SMILES string of the molecule is COc1cc2c(cc1-c1ccc(C(F)(F)F)cc1)C=CC(C(F)(F)F)O2. The third-order valence-electron chi connectivity index (χ3n) is 3.88. The molecule has 138 valence electrons. The molecule has 0 saturated carbocycles. The van der Waals surface area contributed by atoms with Crippen LogP contribution in [0.3, 0.4) is 0 Å². The lowest BCUT2D eigenvalue weighted by Gasteiger charge is -2.24. The standard InChI is InChI=1S/C18H12F6O2/c1-25-15-9-14-11(4-7-16(26-14)18(22,23)24)8-13(15)10-2-5-12(6-3-10)17(19,20)21/h2-9,16H,1H3. The molecule has 1 unspecified atom stereocenters. The van der Waals surface area contributed by atoms with Gasteiger partial charge < -0.3 is 9.47 Å². The van der Waals surface area contributed by atoms with Gasteiger partial charge in [-0.15, -0.1) is 0 Å². The van der Waals surface area contributed by atoms with Gasteiger partial charge in [0.1, 0.15) is 11.5 Å². The fraction of sp³-hybridized carbons (Fsp3) is 0.222. The second kappa shape index (κ2) is 6.26. The Balaban J connectivity index is 2.00. The molecule has 2 aromatic carbocycles. The zero-order valence-electron chi connectivity index (χ0n) is 13.3. The second-order valence-electron chi connectivity index (χ2n) is 5.60. The van der Waals surface area contributed by atoms with Crippen molar-refractivity contribution >= 4 is 6.08 Å². The highest BCUT2D eigenvalue weighted by molar-refractivity contribution is 5.77. The maximum absolute atomic E-state index is 12.8. The molecule has 1 heterocycles. The highest BCUT2D eigenvalue weighted by Gasteiger charge is 2.41. The molecule has 1 aliphatic rings. The first-order chi connectivity index (χ1) is 12.1. The maximum Gasteiger partial charge on any atom is 0.429 e. The van der Waals surface area contributed by atoms with Crippen LogP contribution < -0.4 is 9.47 Å². The fourth-order valence-electron chi connectivity index (χ4n) is 2.59. The van der Waals surface area contributed by atoms with Gasteiger partial charge in [0.15, 0.2) is 0 Å². The van der Waals surface area contributed by atoms with E-state index in [1.165, 1.54) is 37.5 Å². The van der Waals surface area contributed by atoms with Crippen LogP contribution in [-0.4, -0.2) is 19.4 Å². The molecule has 0 aromatic heterocycles. The monoisotopic (exact) mass is 374 g/mol. The van der Waals surface area contributed by atoms with Crippen LogP contribution in [0, 0.1) is 0 Å². The molecule has 0 fully saturated rings. The van der Waals surface area contributed by atoms with Gasteiger partial charge in [-0.3, -0.25) is 0 Å². The quantitative estimate of drug-likeness (QED) is 0.626. The van der Waals surface area contributed by atoms with E-state index < -0.39 is 24.0 Å². The van der Waals surface area contributed by atoms with E-state index in [1.807, 2.05) is 0 Å². The Bertz CT molecular complexity index is 834. The van der Waals surface area contributed by atoms with Crippen molar-refractivity contribution in [2.45, 2.75) is 18.5 Å². The lowest BCUT2D eigenvalue weighted by Crippen LogP contribution is -2.33. The number of hydrogen-bond acceptors (Lipinski definition) is 2. The average Bonchev–Trinajstić information content (AvgIpc) is 2.58. The maximum atomic E-state index is 12.8. The van der Waals surface area contributed by atoms with Gasteiger partial charge in [0.05, 0.1) is 12.7 Å². The Labute approximate surface area is 144 Å². The Morgan fingerprint density at radius 2 is 1.62 bits per heavy atom. The normalized spacial score (nSPS) is 16.8. The van der Waals surface area contributed by atoms with Crippen molar-refractivity contribution in [2.24, 2.45) is 0 Å². The van der Waals surface area contributed by atoms with Crippen molar-refractivity contribution in [2.75, 3.05) is 7.11 Å². The summed E-state index contributed by atoms with van der Waals surface area (Å²) < 4.78 is 86.6. The van der Waals surface area contributed by atoms with E-state index in [4.69, 9.17) is 9.47 Å². The van der Waals surface area contributed by atoms with Crippen molar-refractivity contribution in [3.05, 3.63) is 53.6 Å². The summed E-state index contributed by atoms with van der Waals surface area (Å²) in [6.45, 7) is 0. The molecule has 0 N–H and O–H groups in total. The van der Waals surface area contributed by atoms with Crippen LogP contribution in [0.4, 0.5) is 26.3 Å². The molecule has 3 rings (SSSR count). The van der Waals surface area contributed by atoms with E-state index in [1.54, 1.807) is 0 Å². The minimum Gasteiger partial charge on any atom is -0.496 e. The van der Waals surface area contributed by atoms with Gasteiger partial charge in [-0.05, 0) is 29.8 Å². The highest BCUT2D eigenvalue weighted by atomic mass is 19.4. The van der Waals surface area contributed by atoms with Gasteiger partial charge in [-0.1, -0.05) is 18.2 Å². The van der Waals surface area contributed by atoms with Crippen molar-refractivity contribution in [3.8, 4) is 22.6 Å². The van der Waals surface area contributed by atoms with Crippen LogP contribution in [-0.2, 0) is 6.18 Å². The van der Waals surface area contributed by atoms with Gasteiger partial charge >= 0.3 is 12.4 Å². The number of ether oxygens (including phenoxy) is 2. The zero-order chi connectivity index (χ0) is 19.1. The summed E-state index contributed by atoms with van der Waals surface area (Å²) in [5, 5.41) is 0. The molecular weight excluding hydrogens is 362 g/mol. The highest BCUT2D eigenvalue weighted by Crippen LogP contribution is 2.41. The second-order valence-corrected chi connectivity index (χ2v) is 5.60. The number of halogens is 6. The summed E-state index contributed by atoms with van der Waals surface area (Å²) >= 11 is 0. The average molecular weight is 374 g/mol. The zero-order valence-corrected chi connectivity index (χ0v) is 13.3. The number of methoxy groups -OCH3 is 1. The molecule has 0 aliphatic carbocycles. The minimum absolute atomic E-state index is 0.0117. The summed E-state index contributed by atoms with van der Waals surface area (Å²) in [5.41, 5.74) is 0.457. The fourth-order valence-corrected chi connectivity index (χ4v) is 2.59. The number of fused-ring (bicyclic) bond motifs is 1. The molecule has 1 atom stereocenters. The Morgan fingerprint density at radius 3 is 2.15 bits per heavy atom. The summed E-state index contributed by atoms with van der Waals surface area (Å²) in [5.74, 6) is 0.182. The molecular formula is C18H12F6O2. The number of benzene rings is 2. The van der Waals surface area contributed by atoms with Crippen molar-refractivity contribution < 1.29 is 35.8 Å². The van der Waals surface area contributed by atoms with E-state index >= 15 is 0 Å². The first-order valence-corrected chi connectivity index (χ1v) is 7.41. The number of hydrogen-bond donors (Lipinski definition) is 0. The molecule has 2 nitrogen and oxygen atoms in total. The van der Waals surface area contributed by atoms with Crippen LogP contribution in [0.15, 0.2) is 42.5 Å². The lowest BCUT2D eigenvalue weighted by molar-refractivity contribution is -0.180. The van der Waals surface area contributed by atoms with Gasteiger partial charge in [-0.25, -0.2) is 0 Å². The summed E-state index contributed by atoms with van der Waals surface area (Å²) in [6.07, 6.45) is -8.92. The molecule has 0 radical (unpaired) electrons. The van der Waals surface area contributed by atoms with E-state index in [9.17, 15) is 26.3 Å². The van der Waals surface area contributed by atoms with Gasteiger partial charge in [-0.2, -0.15) is 26.3 Å². The molecule has 0 saturated heterocycles. The summed E-state index contributed by atoms with van der Waals surface area (Å²) in [6, 6.07) is 7.23. The van der Waals surface area contributed by atoms with E-state index in [2.05, 4.69) is 0 Å². The Kier molecular flexibility index (Phi) is 4.37. The van der Waals surface area contributed by atoms with E-state index in [-0.39, 0.29) is 11.5 Å². The smallest absolute Gasteiger partial charge is 0.429 e. The number of alkyl halides is 6. The van der Waals surface area contributed by atoms with E-state index in [0.717, 1.165) is 18.2 Å². The molecule has 26 heavy (non-hydrogen) atoms. The van der Waals surface area contributed by atoms with Crippen LogP contribution in [0.5, 0.6) is 11.5 Å². The molecule has 0 bridgehead atoms. The van der Waals surface area contributed by atoms with Gasteiger partial charge in [0, 0.05) is 17.2 Å². The largest absolute Gasteiger partial charge is 0.496 e. The van der Waals surface area contributed by atoms with Crippen LogP contribution in [0.1, 0.15) is 11.1 Å². The first-order valence-electron chi connectivity index (χ1n) is 7.41.